The minimum Gasteiger partial charge on any atom is -0.464 e. The number of esters is 1. The Morgan fingerprint density at radius 2 is 1.59 bits per heavy atom. The van der Waals surface area contributed by atoms with Crippen LogP contribution in [-0.2, 0) is 15.7 Å². The first-order chi connectivity index (χ1) is 15.2. The van der Waals surface area contributed by atoms with Crippen molar-refractivity contribution in [3.63, 3.8) is 0 Å². The van der Waals surface area contributed by atoms with E-state index >= 15 is 0 Å². The Hall–Kier alpha value is -2.19. The molecule has 0 aliphatic heterocycles. The molecule has 0 saturated heterocycles. The Kier molecular flexibility index (Phi) is 7.77. The zero-order valence-corrected chi connectivity index (χ0v) is 21.6. The van der Waals surface area contributed by atoms with Crippen LogP contribution in [0.3, 0.4) is 0 Å². The van der Waals surface area contributed by atoms with Gasteiger partial charge in [0.1, 0.15) is 5.69 Å². The van der Waals surface area contributed by atoms with E-state index in [1.165, 1.54) is 17.5 Å². The van der Waals surface area contributed by atoms with Gasteiger partial charge in [-0.2, -0.15) is 0 Å². The molecule has 0 bridgehead atoms. The lowest BCUT2D eigenvalue weighted by molar-refractivity contribution is 0.0587. The summed E-state index contributed by atoms with van der Waals surface area (Å²) in [6.45, 7) is 7.52. The van der Waals surface area contributed by atoms with Crippen LogP contribution in [0.5, 0.6) is 0 Å². The average Bonchev–Trinajstić information content (AvgIpc) is 3.14. The third kappa shape index (κ3) is 5.07. The van der Waals surface area contributed by atoms with Crippen LogP contribution in [0.25, 0.3) is 0 Å². The second-order valence-electron chi connectivity index (χ2n) is 8.92. The fourth-order valence-electron chi connectivity index (χ4n) is 4.20. The van der Waals surface area contributed by atoms with Crippen LogP contribution in [0.4, 0.5) is 0 Å². The maximum Gasteiger partial charge on any atom is 0.354 e. The van der Waals surface area contributed by atoms with Crippen molar-refractivity contribution in [1.82, 2.24) is 4.57 Å². The Balaban J connectivity index is 1.93. The van der Waals surface area contributed by atoms with Gasteiger partial charge in [-0.05, 0) is 37.4 Å². The molecule has 0 aliphatic carbocycles. The van der Waals surface area contributed by atoms with E-state index < -0.39 is 14.3 Å². The zero-order valence-electron chi connectivity index (χ0n) is 19.0. The van der Waals surface area contributed by atoms with Gasteiger partial charge in [0.05, 0.1) is 13.7 Å². The van der Waals surface area contributed by atoms with Gasteiger partial charge in [-0.15, -0.1) is 0 Å². The molecule has 0 unspecified atom stereocenters. The Labute approximate surface area is 199 Å². The number of methoxy groups -OCH3 is 1. The molecule has 0 amide bonds. The SMILES string of the molecule is COC(=O)c1cc(Br)cn1C[C@@H](N)CO[Si](c1ccccc1)(c1ccccc1)C(C)(C)C. The van der Waals surface area contributed by atoms with E-state index in [0.717, 1.165) is 4.47 Å². The molecule has 1 aromatic heterocycles. The molecule has 3 rings (SSSR count). The van der Waals surface area contributed by atoms with Gasteiger partial charge in [0.25, 0.3) is 8.32 Å². The lowest BCUT2D eigenvalue weighted by Crippen LogP contribution is -2.67. The second kappa shape index (κ2) is 10.2. The average molecular weight is 516 g/mol. The van der Waals surface area contributed by atoms with Crippen LogP contribution >= 0.6 is 15.9 Å². The molecule has 0 fully saturated rings. The minimum atomic E-state index is -2.66. The number of nitrogens with zero attached hydrogens (tertiary/aromatic N) is 1. The van der Waals surface area contributed by atoms with E-state index in [0.29, 0.717) is 18.8 Å². The number of halogens is 1. The van der Waals surface area contributed by atoms with Crippen LogP contribution in [0.15, 0.2) is 77.4 Å². The molecule has 0 spiro atoms. The van der Waals surface area contributed by atoms with Crippen molar-refractivity contribution in [1.29, 1.82) is 0 Å². The molecule has 2 N–H and O–H groups in total. The summed E-state index contributed by atoms with van der Waals surface area (Å²) in [7, 11) is -1.28. The van der Waals surface area contributed by atoms with Crippen LogP contribution in [0.2, 0.25) is 5.04 Å². The van der Waals surface area contributed by atoms with Crippen LogP contribution in [0, 0.1) is 0 Å². The molecule has 32 heavy (non-hydrogen) atoms. The summed E-state index contributed by atoms with van der Waals surface area (Å²) in [6, 6.07) is 22.4. The number of benzene rings is 2. The van der Waals surface area contributed by atoms with Crippen molar-refractivity contribution in [2.45, 2.75) is 38.4 Å². The number of nitrogens with two attached hydrogens (primary N) is 1. The van der Waals surface area contributed by atoms with Crippen molar-refractivity contribution < 1.29 is 14.0 Å². The molecule has 7 heteroatoms. The maximum absolute atomic E-state index is 12.1. The summed E-state index contributed by atoms with van der Waals surface area (Å²) >= 11 is 3.43. The first-order valence-corrected chi connectivity index (χ1v) is 13.3. The first-order valence-electron chi connectivity index (χ1n) is 10.6. The summed E-state index contributed by atoms with van der Waals surface area (Å²) in [5.74, 6) is -0.393. The van der Waals surface area contributed by atoms with E-state index in [9.17, 15) is 4.79 Å². The number of aromatic nitrogens is 1. The predicted molar refractivity (Wildman–Crippen MR) is 135 cm³/mol. The highest BCUT2D eigenvalue weighted by atomic mass is 79.9. The van der Waals surface area contributed by atoms with E-state index in [1.54, 1.807) is 6.07 Å². The summed E-state index contributed by atoms with van der Waals surface area (Å²) in [5.41, 5.74) is 7.00. The van der Waals surface area contributed by atoms with Crippen molar-refractivity contribution in [3.05, 3.63) is 83.1 Å². The third-order valence-corrected chi connectivity index (χ3v) is 11.1. The number of hydrogen-bond acceptors (Lipinski definition) is 4. The molecule has 1 heterocycles. The fourth-order valence-corrected chi connectivity index (χ4v) is 9.28. The van der Waals surface area contributed by atoms with Gasteiger partial charge in [-0.1, -0.05) is 81.4 Å². The quantitative estimate of drug-likeness (QED) is 0.365. The Morgan fingerprint density at radius 1 is 1.06 bits per heavy atom. The highest BCUT2D eigenvalue weighted by molar-refractivity contribution is 9.10. The van der Waals surface area contributed by atoms with Crippen LogP contribution < -0.4 is 16.1 Å². The van der Waals surface area contributed by atoms with E-state index in [-0.39, 0.29) is 11.1 Å². The largest absolute Gasteiger partial charge is 0.464 e. The van der Waals surface area contributed by atoms with Crippen molar-refractivity contribution >= 4 is 40.6 Å². The monoisotopic (exact) mass is 514 g/mol. The lowest BCUT2D eigenvalue weighted by atomic mass is 10.2. The van der Waals surface area contributed by atoms with Gasteiger partial charge >= 0.3 is 5.97 Å². The molecule has 0 radical (unpaired) electrons. The topological polar surface area (TPSA) is 66.5 Å². The highest BCUT2D eigenvalue weighted by Gasteiger charge is 2.50. The smallest absolute Gasteiger partial charge is 0.354 e. The zero-order chi connectivity index (χ0) is 23.4. The number of ether oxygens (including phenoxy) is 1. The van der Waals surface area contributed by atoms with E-state index in [4.69, 9.17) is 14.9 Å². The summed E-state index contributed by atoms with van der Waals surface area (Å²) in [4.78, 5) is 12.1. The summed E-state index contributed by atoms with van der Waals surface area (Å²) in [6.07, 6.45) is 1.84. The van der Waals surface area contributed by atoms with E-state index in [2.05, 4.69) is 85.2 Å². The normalized spacial score (nSPS) is 13.1. The van der Waals surface area contributed by atoms with Gasteiger partial charge in [0.2, 0.25) is 0 Å². The summed E-state index contributed by atoms with van der Waals surface area (Å²) < 4.78 is 14.4. The van der Waals surface area contributed by atoms with Crippen molar-refractivity contribution in [2.75, 3.05) is 13.7 Å². The molecular weight excluding hydrogens is 484 g/mol. The van der Waals surface area contributed by atoms with Crippen LogP contribution in [0.1, 0.15) is 31.3 Å². The maximum atomic E-state index is 12.1. The third-order valence-electron chi connectivity index (χ3n) is 5.62. The van der Waals surface area contributed by atoms with Gasteiger partial charge in [-0.3, -0.25) is 0 Å². The fraction of sp³-hybridized carbons (Fsp3) is 0.320. The first kappa shape index (κ1) is 24.4. The predicted octanol–water partition coefficient (Wildman–Crippen LogP) is 3.94. The molecular formula is C25H31BrN2O3Si. The molecule has 1 atom stereocenters. The number of carbonyl (C=O) groups is 1. The standard InChI is InChI=1S/C25H31BrN2O3Si/c1-25(2,3)32(21-11-7-5-8-12-21,22-13-9-6-10-14-22)31-18-20(27)17-28-16-19(26)15-23(28)24(29)30-4/h5-16,20H,17-18,27H2,1-4H3/t20-/m1/s1. The summed E-state index contributed by atoms with van der Waals surface area (Å²) in [5, 5.41) is 2.30. The molecule has 0 aliphatic rings. The van der Waals surface area contributed by atoms with Gasteiger partial charge < -0.3 is 19.5 Å². The number of rotatable bonds is 8. The molecule has 2 aromatic carbocycles. The molecule has 170 valence electrons. The Bertz CT molecular complexity index is 993. The lowest BCUT2D eigenvalue weighted by Gasteiger charge is -2.43. The molecule has 3 aromatic rings. The van der Waals surface area contributed by atoms with Crippen molar-refractivity contribution in [3.8, 4) is 0 Å². The van der Waals surface area contributed by atoms with Gasteiger partial charge in [0, 0.05) is 23.3 Å². The van der Waals surface area contributed by atoms with Crippen molar-refractivity contribution in [2.24, 2.45) is 5.73 Å². The minimum absolute atomic E-state index is 0.122. The van der Waals surface area contributed by atoms with Gasteiger partial charge in [-0.25, -0.2) is 4.79 Å². The van der Waals surface area contributed by atoms with Gasteiger partial charge in [0.15, 0.2) is 0 Å². The molecule has 5 nitrogen and oxygen atoms in total. The number of hydrogen-bond donors (Lipinski definition) is 1. The van der Waals surface area contributed by atoms with E-state index in [1.807, 2.05) is 22.9 Å². The highest BCUT2D eigenvalue weighted by Crippen LogP contribution is 2.36. The number of carbonyl (C=O) groups excluding carboxylic acids is 1. The molecule has 0 saturated carbocycles. The second-order valence-corrected chi connectivity index (χ2v) is 14.1. The van der Waals surface area contributed by atoms with Crippen LogP contribution in [-0.4, -0.2) is 38.6 Å². The Morgan fingerprint density at radius 3 is 2.06 bits per heavy atom.